The summed E-state index contributed by atoms with van der Waals surface area (Å²) in [7, 11) is -1.21. The lowest BCUT2D eigenvalue weighted by atomic mass is 9.90. The van der Waals surface area contributed by atoms with Crippen molar-refractivity contribution in [3.63, 3.8) is 0 Å². The van der Waals surface area contributed by atoms with E-state index in [9.17, 15) is 24.6 Å². The summed E-state index contributed by atoms with van der Waals surface area (Å²) < 4.78 is 18.4. The monoisotopic (exact) mass is 438 g/mol. The molecule has 3 aliphatic rings. The molecule has 156 valence electrons. The van der Waals surface area contributed by atoms with E-state index in [1.54, 1.807) is 18.2 Å². The summed E-state index contributed by atoms with van der Waals surface area (Å²) in [5.41, 5.74) is 2.38. The van der Waals surface area contributed by atoms with Gasteiger partial charge in [-0.3, -0.25) is 0 Å². The first-order valence-corrected chi connectivity index (χ1v) is 11.0. The minimum absolute atomic E-state index is 0.386. The Morgan fingerprint density at radius 2 is 1.97 bits per heavy atom. The Labute approximate surface area is 176 Å². The van der Waals surface area contributed by atoms with Crippen LogP contribution in [0.4, 0.5) is 0 Å². The molecule has 4 N–H and O–H groups in total. The quantitative estimate of drug-likeness (QED) is 0.569. The maximum Gasteiger partial charge on any atom is 0.113 e. The van der Waals surface area contributed by atoms with Gasteiger partial charge in [0.05, 0.1) is 17.4 Å². The Morgan fingerprint density at radius 1 is 1.17 bits per heavy atom. The lowest BCUT2D eigenvalue weighted by molar-refractivity contribution is -0.231. The highest BCUT2D eigenvalue weighted by Crippen LogP contribution is 2.37. The van der Waals surface area contributed by atoms with Gasteiger partial charge in [-0.25, -0.2) is 4.21 Å². The van der Waals surface area contributed by atoms with Crippen LogP contribution in [0.15, 0.2) is 51.8 Å². The minimum Gasteiger partial charge on any atom is -0.394 e. The molecule has 4 rings (SSSR count). The van der Waals surface area contributed by atoms with Crippen LogP contribution in [0.3, 0.4) is 0 Å². The van der Waals surface area contributed by atoms with E-state index in [4.69, 9.17) is 16.3 Å². The van der Waals surface area contributed by atoms with E-state index in [-0.39, 0.29) is 0 Å². The van der Waals surface area contributed by atoms with Gasteiger partial charge in [0.2, 0.25) is 0 Å². The summed E-state index contributed by atoms with van der Waals surface area (Å²) in [5, 5.41) is 40.3. The van der Waals surface area contributed by atoms with Crippen LogP contribution < -0.4 is 0 Å². The van der Waals surface area contributed by atoms with E-state index >= 15 is 0 Å². The van der Waals surface area contributed by atoms with Crippen molar-refractivity contribution < 1.29 is 29.4 Å². The first-order chi connectivity index (χ1) is 13.9. The third-order valence-electron chi connectivity index (χ3n) is 5.59. The number of aliphatic hydroxyl groups excluding tert-OH is 4. The van der Waals surface area contributed by atoms with E-state index in [0.717, 1.165) is 33.8 Å². The Balaban J connectivity index is 1.59. The average molecular weight is 439 g/mol. The molecule has 1 saturated heterocycles. The second-order valence-electron chi connectivity index (χ2n) is 7.49. The summed E-state index contributed by atoms with van der Waals surface area (Å²) in [6.07, 6.45) is 2.00. The molecule has 1 aromatic carbocycles. The summed E-state index contributed by atoms with van der Waals surface area (Å²) in [5.74, 6) is 0. The molecule has 2 aliphatic heterocycles. The van der Waals surface area contributed by atoms with Gasteiger partial charge in [0.15, 0.2) is 0 Å². The van der Waals surface area contributed by atoms with Crippen molar-refractivity contribution in [1.29, 1.82) is 0 Å². The molecule has 8 heteroatoms. The van der Waals surface area contributed by atoms with E-state index in [1.165, 1.54) is 0 Å². The van der Waals surface area contributed by atoms with Gasteiger partial charge >= 0.3 is 0 Å². The molecule has 0 amide bonds. The van der Waals surface area contributed by atoms with Crippen LogP contribution >= 0.6 is 11.6 Å². The van der Waals surface area contributed by atoms with Crippen LogP contribution in [0, 0.1) is 0 Å². The molecule has 3 unspecified atom stereocenters. The zero-order chi connectivity index (χ0) is 20.7. The molecule has 2 heterocycles. The van der Waals surface area contributed by atoms with E-state index < -0.39 is 47.9 Å². The second kappa shape index (κ2) is 8.43. The standard InChI is InChI=1S/C21H23ClO6S/c22-15-6-5-12(21-20(26)19(25)18(24)16(10-23)28-21)7-13(15)9-14-8-11-3-1-2-4-17(11)29(14)27/h2,4-8,16,18-21,23-26H,1,3,9-10H2/t16?,18-,19+,20-,21?,29?/m1/s1. The molecule has 0 aromatic heterocycles. The number of ether oxygens (including phenoxy) is 1. The normalized spacial score (nSPS) is 34.3. The number of aliphatic hydroxyl groups is 4. The topological polar surface area (TPSA) is 107 Å². The highest BCUT2D eigenvalue weighted by atomic mass is 35.5. The Bertz CT molecular complexity index is 922. The van der Waals surface area contributed by atoms with Gasteiger partial charge in [-0.2, -0.15) is 0 Å². The highest BCUT2D eigenvalue weighted by Gasteiger charge is 2.44. The molecule has 6 nitrogen and oxygen atoms in total. The molecular formula is C21H23ClO6S. The molecule has 1 aromatic rings. The lowest BCUT2D eigenvalue weighted by Crippen LogP contribution is -2.55. The maximum absolute atomic E-state index is 12.8. The van der Waals surface area contributed by atoms with Crippen molar-refractivity contribution in [2.75, 3.05) is 6.61 Å². The molecular weight excluding hydrogens is 416 g/mol. The zero-order valence-electron chi connectivity index (χ0n) is 15.6. The summed E-state index contributed by atoms with van der Waals surface area (Å²) >= 11 is 6.37. The van der Waals surface area contributed by atoms with Crippen molar-refractivity contribution >= 4 is 22.4 Å². The molecule has 0 radical (unpaired) electrons. The third-order valence-corrected chi connectivity index (χ3v) is 7.50. The molecule has 29 heavy (non-hydrogen) atoms. The second-order valence-corrected chi connectivity index (χ2v) is 9.40. The summed E-state index contributed by atoms with van der Waals surface area (Å²) in [6, 6.07) is 5.09. The Hall–Kier alpha value is -1.32. The van der Waals surface area contributed by atoms with E-state index in [0.29, 0.717) is 17.0 Å². The SMILES string of the molecule is O=S1C(Cc2cc(C3OC(CO)[C@@H](O)[C@H](O)[C@H]3O)ccc2Cl)=CC2=C1C=CCC2. The van der Waals surface area contributed by atoms with Crippen molar-refractivity contribution in [2.45, 2.75) is 49.8 Å². The van der Waals surface area contributed by atoms with Gasteiger partial charge in [-0.1, -0.05) is 29.8 Å². The van der Waals surface area contributed by atoms with Gasteiger partial charge in [0.1, 0.15) is 30.5 Å². The number of hydrogen-bond acceptors (Lipinski definition) is 6. The fourth-order valence-corrected chi connectivity index (χ4v) is 5.58. The predicted molar refractivity (Wildman–Crippen MR) is 110 cm³/mol. The van der Waals surface area contributed by atoms with Gasteiger partial charge in [-0.05, 0) is 47.8 Å². The number of hydrogen-bond donors (Lipinski definition) is 4. The fraction of sp³-hybridized carbons (Fsp3) is 0.429. The van der Waals surface area contributed by atoms with Crippen molar-refractivity contribution in [3.8, 4) is 0 Å². The molecule has 0 spiro atoms. The lowest BCUT2D eigenvalue weighted by Gasteiger charge is -2.40. The predicted octanol–water partition coefficient (Wildman–Crippen LogP) is 1.65. The molecule has 6 atom stereocenters. The van der Waals surface area contributed by atoms with E-state index in [2.05, 4.69) is 0 Å². The van der Waals surface area contributed by atoms with Crippen LogP contribution in [-0.4, -0.2) is 55.7 Å². The minimum atomic E-state index is -1.45. The largest absolute Gasteiger partial charge is 0.394 e. The van der Waals surface area contributed by atoms with Crippen molar-refractivity contribution in [1.82, 2.24) is 0 Å². The highest BCUT2D eigenvalue weighted by molar-refractivity contribution is 7.93. The number of allylic oxidation sites excluding steroid dienone is 5. The van der Waals surface area contributed by atoms with Crippen LogP contribution in [0.5, 0.6) is 0 Å². The molecule has 0 bridgehead atoms. The number of halogens is 1. The Kier molecular flexibility index (Phi) is 6.09. The molecule has 1 aliphatic carbocycles. The van der Waals surface area contributed by atoms with Gasteiger partial charge in [0, 0.05) is 21.3 Å². The summed E-state index contributed by atoms with van der Waals surface area (Å²) in [6.45, 7) is -0.488. The van der Waals surface area contributed by atoms with Crippen LogP contribution in [-0.2, 0) is 22.0 Å². The third kappa shape index (κ3) is 3.88. The van der Waals surface area contributed by atoms with Crippen molar-refractivity contribution in [3.05, 3.63) is 68.0 Å². The Morgan fingerprint density at radius 3 is 2.69 bits per heavy atom. The fourth-order valence-electron chi connectivity index (χ4n) is 3.96. The molecule has 0 saturated carbocycles. The maximum atomic E-state index is 12.8. The van der Waals surface area contributed by atoms with E-state index in [1.807, 2.05) is 18.2 Å². The average Bonchev–Trinajstić information content (AvgIpc) is 3.04. The first-order valence-electron chi connectivity index (χ1n) is 9.51. The van der Waals surface area contributed by atoms with Crippen LogP contribution in [0.1, 0.15) is 30.1 Å². The first kappa shape index (κ1) is 20.9. The van der Waals surface area contributed by atoms with Gasteiger partial charge < -0.3 is 25.2 Å². The van der Waals surface area contributed by atoms with Crippen LogP contribution in [0.25, 0.3) is 0 Å². The van der Waals surface area contributed by atoms with Gasteiger partial charge in [0.25, 0.3) is 0 Å². The zero-order valence-corrected chi connectivity index (χ0v) is 17.1. The number of rotatable bonds is 4. The number of benzene rings is 1. The van der Waals surface area contributed by atoms with Crippen LogP contribution in [0.2, 0.25) is 5.02 Å². The summed E-state index contributed by atoms with van der Waals surface area (Å²) in [4.78, 5) is 1.63. The van der Waals surface area contributed by atoms with Gasteiger partial charge in [-0.15, -0.1) is 0 Å². The van der Waals surface area contributed by atoms with Crippen molar-refractivity contribution in [2.24, 2.45) is 0 Å². The molecule has 1 fully saturated rings. The smallest absolute Gasteiger partial charge is 0.113 e.